The van der Waals surface area contributed by atoms with Crippen molar-refractivity contribution in [2.75, 3.05) is 40.4 Å². The Morgan fingerprint density at radius 3 is 2.61 bits per heavy atom. The summed E-state index contributed by atoms with van der Waals surface area (Å²) in [5.41, 5.74) is 2.62. The Morgan fingerprint density at radius 2 is 1.97 bits per heavy atom. The number of ether oxygens (including phenoxy) is 2. The zero-order valence-electron chi connectivity index (χ0n) is 19.7. The van der Waals surface area contributed by atoms with Crippen LogP contribution in [0, 0.1) is 19.8 Å². The number of hydrogen-bond donors (Lipinski definition) is 0. The first-order valence-electron chi connectivity index (χ1n) is 11.1. The van der Waals surface area contributed by atoms with Gasteiger partial charge in [0.05, 0.1) is 31.4 Å². The summed E-state index contributed by atoms with van der Waals surface area (Å²) < 4.78 is 17.1. The Kier molecular flexibility index (Phi) is 7.59. The van der Waals surface area contributed by atoms with Gasteiger partial charge in [-0.2, -0.15) is 0 Å². The van der Waals surface area contributed by atoms with E-state index in [4.69, 9.17) is 18.9 Å². The van der Waals surface area contributed by atoms with Crippen molar-refractivity contribution >= 4 is 5.91 Å². The van der Waals surface area contributed by atoms with E-state index >= 15 is 0 Å². The summed E-state index contributed by atoms with van der Waals surface area (Å²) >= 11 is 0. The molecule has 0 unspecified atom stereocenters. The molecule has 1 aromatic carbocycles. The monoisotopic (exact) mass is 429 g/mol. The van der Waals surface area contributed by atoms with Crippen molar-refractivity contribution in [2.24, 2.45) is 5.92 Å². The first-order valence-corrected chi connectivity index (χ1v) is 11.1. The van der Waals surface area contributed by atoms with E-state index in [2.05, 4.69) is 4.90 Å². The molecule has 170 valence electrons. The number of piperidine rings is 1. The highest BCUT2D eigenvalue weighted by molar-refractivity contribution is 5.79. The van der Waals surface area contributed by atoms with Gasteiger partial charge in [0.25, 0.3) is 0 Å². The second-order valence-electron chi connectivity index (χ2n) is 8.08. The largest absolute Gasteiger partial charge is 0.496 e. The molecule has 2 aromatic rings. The molecule has 7 nitrogen and oxygen atoms in total. The van der Waals surface area contributed by atoms with Crippen LogP contribution in [0.5, 0.6) is 11.5 Å². The van der Waals surface area contributed by atoms with Crippen molar-refractivity contribution in [3.05, 3.63) is 29.2 Å². The van der Waals surface area contributed by atoms with Crippen LogP contribution >= 0.6 is 0 Å². The molecule has 7 heteroatoms. The maximum Gasteiger partial charge on any atom is 0.230 e. The van der Waals surface area contributed by atoms with E-state index in [0.717, 1.165) is 67.4 Å². The summed E-state index contributed by atoms with van der Waals surface area (Å²) in [4.78, 5) is 21.9. The van der Waals surface area contributed by atoms with Gasteiger partial charge in [0.2, 0.25) is 11.8 Å². The third-order valence-electron chi connectivity index (χ3n) is 6.21. The third kappa shape index (κ3) is 4.87. The lowest BCUT2D eigenvalue weighted by molar-refractivity contribution is -0.137. The van der Waals surface area contributed by atoms with Crippen LogP contribution in [0.2, 0.25) is 0 Å². The predicted octanol–water partition coefficient (Wildman–Crippen LogP) is 4.06. The molecule has 1 fully saturated rings. The zero-order valence-corrected chi connectivity index (χ0v) is 19.7. The number of nitrogens with zero attached hydrogens (tertiary/aromatic N) is 3. The van der Waals surface area contributed by atoms with Crippen molar-refractivity contribution < 1.29 is 18.7 Å². The minimum Gasteiger partial charge on any atom is -0.496 e. The van der Waals surface area contributed by atoms with Crippen LogP contribution < -0.4 is 9.47 Å². The number of methoxy groups -OCH3 is 2. The van der Waals surface area contributed by atoms with Gasteiger partial charge in [-0.1, -0.05) is 0 Å². The summed E-state index contributed by atoms with van der Waals surface area (Å²) in [7, 11) is 3.29. The highest BCUT2D eigenvalue weighted by Gasteiger charge is 2.29. The topological polar surface area (TPSA) is 68.0 Å². The molecule has 1 aliphatic rings. The van der Waals surface area contributed by atoms with Crippen LogP contribution in [0.3, 0.4) is 0 Å². The number of aryl methyl sites for hydroxylation is 1. The lowest BCUT2D eigenvalue weighted by Gasteiger charge is -2.34. The Morgan fingerprint density at radius 1 is 1.23 bits per heavy atom. The normalized spacial score (nSPS) is 16.9. The molecule has 0 radical (unpaired) electrons. The second kappa shape index (κ2) is 10.2. The molecule has 0 aliphatic carbocycles. The highest BCUT2D eigenvalue weighted by atomic mass is 16.5. The van der Waals surface area contributed by atoms with Gasteiger partial charge in [-0.3, -0.25) is 9.69 Å². The number of aromatic nitrogens is 1. The number of carbonyl (C=O) groups excluding carboxylic acids is 1. The van der Waals surface area contributed by atoms with Crippen molar-refractivity contribution in [2.45, 2.75) is 47.1 Å². The zero-order chi connectivity index (χ0) is 22.5. The standard InChI is InChI=1S/C24H35N3O4/c1-7-27(8-2)24(28)18-10-9-13-26(14-18)15-20-17(4)31-23(25-20)19-11-12-21(29-5)16(3)22(19)30-6/h11-12,18H,7-10,13-15H2,1-6H3/t18-/m0/s1. The molecule has 0 spiro atoms. The Bertz CT molecular complexity index is 904. The molecule has 0 N–H and O–H groups in total. The number of benzene rings is 1. The summed E-state index contributed by atoms with van der Waals surface area (Å²) in [5.74, 6) is 3.14. The lowest BCUT2D eigenvalue weighted by Crippen LogP contribution is -2.44. The van der Waals surface area contributed by atoms with Gasteiger partial charge in [-0.05, 0) is 59.2 Å². The summed E-state index contributed by atoms with van der Waals surface area (Å²) in [5, 5.41) is 0. The Labute approximate surface area is 185 Å². The van der Waals surface area contributed by atoms with Crippen molar-refractivity contribution in [1.29, 1.82) is 0 Å². The van der Waals surface area contributed by atoms with E-state index in [-0.39, 0.29) is 11.8 Å². The van der Waals surface area contributed by atoms with Gasteiger partial charge in [0, 0.05) is 31.7 Å². The summed E-state index contributed by atoms with van der Waals surface area (Å²) in [6.07, 6.45) is 1.98. The van der Waals surface area contributed by atoms with Gasteiger partial charge in [0.15, 0.2) is 0 Å². The van der Waals surface area contributed by atoms with Crippen molar-refractivity contribution in [3.8, 4) is 23.0 Å². The number of oxazole rings is 1. The molecule has 3 rings (SSSR count). The van der Waals surface area contributed by atoms with Crippen LogP contribution in [0.15, 0.2) is 16.5 Å². The maximum atomic E-state index is 12.8. The number of amides is 1. The van der Waals surface area contributed by atoms with Crippen LogP contribution in [0.1, 0.15) is 43.7 Å². The van der Waals surface area contributed by atoms with Crippen LogP contribution in [-0.2, 0) is 11.3 Å². The van der Waals surface area contributed by atoms with Crippen molar-refractivity contribution in [3.63, 3.8) is 0 Å². The molecule has 1 aromatic heterocycles. The van der Waals surface area contributed by atoms with E-state index in [1.54, 1.807) is 14.2 Å². The smallest absolute Gasteiger partial charge is 0.230 e. The van der Waals surface area contributed by atoms with E-state index in [1.165, 1.54) is 0 Å². The number of carbonyl (C=O) groups is 1. The first kappa shape index (κ1) is 23.1. The molecular weight excluding hydrogens is 394 g/mol. The Hall–Kier alpha value is -2.54. The minimum absolute atomic E-state index is 0.0599. The second-order valence-corrected chi connectivity index (χ2v) is 8.08. The van der Waals surface area contributed by atoms with E-state index in [9.17, 15) is 4.79 Å². The van der Waals surface area contributed by atoms with Crippen LogP contribution in [0.4, 0.5) is 0 Å². The predicted molar refractivity (Wildman–Crippen MR) is 120 cm³/mol. The third-order valence-corrected chi connectivity index (χ3v) is 6.21. The number of likely N-dealkylation sites (tertiary alicyclic amines) is 1. The Balaban J connectivity index is 1.78. The fourth-order valence-electron chi connectivity index (χ4n) is 4.42. The molecule has 1 saturated heterocycles. The quantitative estimate of drug-likeness (QED) is 0.630. The molecule has 0 bridgehead atoms. The molecule has 31 heavy (non-hydrogen) atoms. The SMILES string of the molecule is CCN(CC)C(=O)[C@H]1CCCN(Cc2nc(-c3ccc(OC)c(C)c3OC)oc2C)C1. The van der Waals surface area contributed by atoms with Crippen molar-refractivity contribution in [1.82, 2.24) is 14.8 Å². The lowest BCUT2D eigenvalue weighted by atomic mass is 9.96. The highest BCUT2D eigenvalue weighted by Crippen LogP contribution is 2.38. The molecule has 0 saturated carbocycles. The molecule has 2 heterocycles. The summed E-state index contributed by atoms with van der Waals surface area (Å²) in [6, 6.07) is 3.82. The van der Waals surface area contributed by atoms with E-state index in [0.29, 0.717) is 18.2 Å². The van der Waals surface area contributed by atoms with Crippen LogP contribution in [0.25, 0.3) is 11.5 Å². The summed E-state index contributed by atoms with van der Waals surface area (Å²) in [6.45, 7) is 11.9. The van der Waals surface area contributed by atoms with Gasteiger partial charge < -0.3 is 18.8 Å². The van der Waals surface area contributed by atoms with E-state index < -0.39 is 0 Å². The minimum atomic E-state index is 0.0599. The van der Waals surface area contributed by atoms with Gasteiger partial charge in [0.1, 0.15) is 17.3 Å². The number of rotatable bonds is 8. The first-order chi connectivity index (χ1) is 14.9. The fourth-order valence-corrected chi connectivity index (χ4v) is 4.42. The van der Waals surface area contributed by atoms with E-state index in [1.807, 2.05) is 44.7 Å². The average Bonchev–Trinajstić information content (AvgIpc) is 3.14. The number of hydrogen-bond acceptors (Lipinski definition) is 6. The molecule has 1 aliphatic heterocycles. The maximum absolute atomic E-state index is 12.8. The molecule has 1 atom stereocenters. The van der Waals surface area contributed by atoms with Gasteiger partial charge in [-0.25, -0.2) is 4.98 Å². The average molecular weight is 430 g/mol. The van der Waals surface area contributed by atoms with Gasteiger partial charge >= 0.3 is 0 Å². The molecular formula is C24H35N3O4. The molecule has 1 amide bonds. The fraction of sp³-hybridized carbons (Fsp3) is 0.583. The van der Waals surface area contributed by atoms with Gasteiger partial charge in [-0.15, -0.1) is 0 Å². The van der Waals surface area contributed by atoms with Crippen LogP contribution in [-0.4, -0.2) is 61.1 Å².